The summed E-state index contributed by atoms with van der Waals surface area (Å²) in [4.78, 5) is 25.0. The van der Waals surface area contributed by atoms with Gasteiger partial charge in [0.25, 0.3) is 0 Å². The van der Waals surface area contributed by atoms with Crippen LogP contribution in [0.2, 0.25) is 5.15 Å². The van der Waals surface area contributed by atoms with Crippen LogP contribution in [0, 0.1) is 6.92 Å². The molecule has 2 aromatic heterocycles. The Bertz CT molecular complexity index is 1510. The Morgan fingerprint density at radius 3 is 2.41 bits per heavy atom. The van der Waals surface area contributed by atoms with Crippen LogP contribution in [0.1, 0.15) is 37.7 Å². The summed E-state index contributed by atoms with van der Waals surface area (Å²) in [5.41, 5.74) is 5.64. The lowest BCUT2D eigenvalue weighted by atomic mass is 9.91. The first-order valence-corrected chi connectivity index (χ1v) is 13.6. The van der Waals surface area contributed by atoms with Crippen LogP contribution in [0.15, 0.2) is 60.7 Å². The number of aromatic nitrogens is 2. The van der Waals surface area contributed by atoms with E-state index < -0.39 is 0 Å². The van der Waals surface area contributed by atoms with Gasteiger partial charge in [-0.1, -0.05) is 68.8 Å². The number of urea groups is 1. The van der Waals surface area contributed by atoms with E-state index in [0.717, 1.165) is 71.8 Å². The van der Waals surface area contributed by atoms with Crippen LogP contribution in [0.4, 0.5) is 16.2 Å². The summed E-state index contributed by atoms with van der Waals surface area (Å²) in [6.45, 7) is 12.2. The van der Waals surface area contributed by atoms with Gasteiger partial charge in [0.15, 0.2) is 0 Å². The number of benzene rings is 2. The van der Waals surface area contributed by atoms with E-state index in [-0.39, 0.29) is 11.4 Å². The number of carbonyl (C=O) groups is 1. The fourth-order valence-corrected chi connectivity index (χ4v) is 4.90. The van der Waals surface area contributed by atoms with Crippen molar-refractivity contribution in [3.63, 3.8) is 0 Å². The maximum Gasteiger partial charge on any atom is 0.323 e. The van der Waals surface area contributed by atoms with Crippen LogP contribution in [-0.4, -0.2) is 47.2 Å². The molecule has 2 amide bonds. The number of pyridine rings is 2. The molecule has 0 bridgehead atoms. The number of rotatable bonds is 5. The van der Waals surface area contributed by atoms with Gasteiger partial charge in [0.05, 0.1) is 36.0 Å². The van der Waals surface area contributed by atoms with Gasteiger partial charge in [-0.05, 0) is 36.6 Å². The van der Waals surface area contributed by atoms with Crippen molar-refractivity contribution in [2.75, 3.05) is 36.9 Å². The maximum atomic E-state index is 13.1. The van der Waals surface area contributed by atoms with Crippen molar-refractivity contribution in [2.24, 2.45) is 0 Å². The van der Waals surface area contributed by atoms with E-state index in [4.69, 9.17) is 21.3 Å². The third kappa shape index (κ3) is 6.22. The average molecular weight is 544 g/mol. The molecular weight excluding hydrogens is 510 g/mol. The van der Waals surface area contributed by atoms with Gasteiger partial charge in [0, 0.05) is 47.3 Å². The molecule has 0 spiro atoms. The van der Waals surface area contributed by atoms with E-state index in [1.54, 1.807) is 0 Å². The largest absolute Gasteiger partial charge is 0.379 e. The zero-order valence-electron chi connectivity index (χ0n) is 22.8. The number of ether oxygens (including phenoxy) is 1. The average Bonchev–Trinajstić information content (AvgIpc) is 2.91. The van der Waals surface area contributed by atoms with Crippen molar-refractivity contribution < 1.29 is 9.53 Å². The zero-order valence-corrected chi connectivity index (χ0v) is 23.6. The lowest BCUT2D eigenvalue weighted by molar-refractivity contribution is 0.0336. The number of hydrogen-bond acceptors (Lipinski definition) is 5. The summed E-state index contributed by atoms with van der Waals surface area (Å²) in [6, 6.07) is 19.7. The topological polar surface area (TPSA) is 79.4 Å². The Morgan fingerprint density at radius 1 is 0.949 bits per heavy atom. The molecule has 2 aromatic carbocycles. The van der Waals surface area contributed by atoms with Gasteiger partial charge in [0.1, 0.15) is 5.15 Å². The number of anilines is 2. The van der Waals surface area contributed by atoms with Crippen molar-refractivity contribution in [3.8, 4) is 11.3 Å². The standard InChI is InChI=1S/C31H34ClN5O2/c1-20-27(18-28(31(2,3)4)36-29(20)32)35-30(38)34-26-13-12-24(22-9-5-6-10-23(22)26)25-11-7-8-21(33-25)19-37-14-16-39-17-15-37/h5-13,18H,14-17,19H2,1-4H3,(H2,34,35,36,38). The maximum absolute atomic E-state index is 13.1. The number of nitrogens with zero attached hydrogens (tertiary/aromatic N) is 3. The van der Waals surface area contributed by atoms with Gasteiger partial charge in [0.2, 0.25) is 0 Å². The molecule has 0 aliphatic carbocycles. The highest BCUT2D eigenvalue weighted by Gasteiger charge is 2.20. The number of fused-ring (bicyclic) bond motifs is 1. The van der Waals surface area contributed by atoms with Crippen molar-refractivity contribution >= 4 is 39.8 Å². The summed E-state index contributed by atoms with van der Waals surface area (Å²) in [5.74, 6) is 0. The Hall–Kier alpha value is -3.52. The number of carbonyl (C=O) groups excluding carboxylic acids is 1. The molecule has 1 aliphatic rings. The number of morpholine rings is 1. The van der Waals surface area contributed by atoms with E-state index in [2.05, 4.69) is 59.5 Å². The normalized spacial score (nSPS) is 14.4. The molecule has 1 fully saturated rings. The highest BCUT2D eigenvalue weighted by Crippen LogP contribution is 2.33. The highest BCUT2D eigenvalue weighted by atomic mass is 35.5. The van der Waals surface area contributed by atoms with Crippen LogP contribution < -0.4 is 10.6 Å². The van der Waals surface area contributed by atoms with Gasteiger partial charge in [-0.15, -0.1) is 0 Å². The first kappa shape index (κ1) is 27.1. The molecule has 39 heavy (non-hydrogen) atoms. The fraction of sp³-hybridized carbons (Fsp3) is 0.323. The van der Waals surface area contributed by atoms with E-state index in [1.807, 2.05) is 49.4 Å². The van der Waals surface area contributed by atoms with Gasteiger partial charge < -0.3 is 15.4 Å². The first-order valence-electron chi connectivity index (χ1n) is 13.2. The molecule has 7 nitrogen and oxygen atoms in total. The van der Waals surface area contributed by atoms with Crippen LogP contribution >= 0.6 is 11.6 Å². The summed E-state index contributed by atoms with van der Waals surface area (Å²) in [7, 11) is 0. The number of amides is 2. The third-order valence-electron chi connectivity index (χ3n) is 6.97. The predicted octanol–water partition coefficient (Wildman–Crippen LogP) is 7.03. The van der Waals surface area contributed by atoms with Gasteiger partial charge >= 0.3 is 6.03 Å². The van der Waals surface area contributed by atoms with E-state index >= 15 is 0 Å². The molecule has 0 unspecified atom stereocenters. The van der Waals surface area contributed by atoms with E-state index in [0.29, 0.717) is 16.5 Å². The third-order valence-corrected chi connectivity index (χ3v) is 7.34. The van der Waals surface area contributed by atoms with Crippen LogP contribution in [-0.2, 0) is 16.7 Å². The van der Waals surface area contributed by atoms with Gasteiger partial charge in [-0.3, -0.25) is 9.88 Å². The van der Waals surface area contributed by atoms with Crippen molar-refractivity contribution in [3.05, 3.63) is 82.8 Å². The summed E-state index contributed by atoms with van der Waals surface area (Å²) < 4.78 is 5.47. The zero-order chi connectivity index (χ0) is 27.6. The molecule has 1 saturated heterocycles. The lowest BCUT2D eigenvalue weighted by Gasteiger charge is -2.26. The summed E-state index contributed by atoms with van der Waals surface area (Å²) in [5, 5.41) is 8.34. The van der Waals surface area contributed by atoms with Gasteiger partial charge in [-0.25, -0.2) is 9.78 Å². The quantitative estimate of drug-likeness (QED) is 0.264. The molecule has 8 heteroatoms. The predicted molar refractivity (Wildman–Crippen MR) is 159 cm³/mol. The first-order chi connectivity index (χ1) is 18.7. The van der Waals surface area contributed by atoms with E-state index in [1.165, 1.54) is 0 Å². The minimum Gasteiger partial charge on any atom is -0.379 e. The Labute approximate surface area is 234 Å². The molecule has 202 valence electrons. The van der Waals surface area contributed by atoms with Crippen LogP contribution in [0.3, 0.4) is 0 Å². The Balaban J connectivity index is 1.40. The van der Waals surface area contributed by atoms with Gasteiger partial charge in [-0.2, -0.15) is 0 Å². The molecule has 0 atom stereocenters. The second-order valence-corrected chi connectivity index (χ2v) is 11.3. The highest BCUT2D eigenvalue weighted by molar-refractivity contribution is 6.30. The van der Waals surface area contributed by atoms with Crippen molar-refractivity contribution in [1.82, 2.24) is 14.9 Å². The number of halogens is 1. The molecular formula is C31H34ClN5O2. The number of nitrogens with one attached hydrogen (secondary N) is 2. The lowest BCUT2D eigenvalue weighted by Crippen LogP contribution is -2.35. The molecule has 4 aromatic rings. The minimum atomic E-state index is -0.344. The summed E-state index contributed by atoms with van der Waals surface area (Å²) >= 11 is 6.39. The van der Waals surface area contributed by atoms with Crippen molar-refractivity contribution in [2.45, 2.75) is 39.7 Å². The van der Waals surface area contributed by atoms with E-state index in [9.17, 15) is 4.79 Å². The second kappa shape index (κ2) is 11.3. The smallest absolute Gasteiger partial charge is 0.323 e. The molecule has 1 aliphatic heterocycles. The minimum absolute atomic E-state index is 0.205. The summed E-state index contributed by atoms with van der Waals surface area (Å²) in [6.07, 6.45) is 0. The van der Waals surface area contributed by atoms with Crippen LogP contribution in [0.5, 0.6) is 0 Å². The fourth-order valence-electron chi connectivity index (χ4n) is 4.71. The Kier molecular flexibility index (Phi) is 7.84. The Morgan fingerprint density at radius 2 is 1.67 bits per heavy atom. The molecule has 0 radical (unpaired) electrons. The second-order valence-electron chi connectivity index (χ2n) is 10.9. The number of hydrogen-bond donors (Lipinski definition) is 2. The SMILES string of the molecule is Cc1c(NC(=O)Nc2ccc(-c3cccc(CN4CCOCC4)n3)c3ccccc23)cc(C(C)(C)C)nc1Cl. The molecule has 2 N–H and O–H groups in total. The van der Waals surface area contributed by atoms with Crippen LogP contribution in [0.25, 0.3) is 22.0 Å². The molecule has 0 saturated carbocycles. The molecule has 3 heterocycles. The monoisotopic (exact) mass is 543 g/mol. The van der Waals surface area contributed by atoms with Crippen molar-refractivity contribution in [1.29, 1.82) is 0 Å². The molecule has 5 rings (SSSR count).